The molecule has 2 aromatic heterocycles. The fourth-order valence-electron chi connectivity index (χ4n) is 2.33. The molecule has 0 atom stereocenters. The lowest BCUT2D eigenvalue weighted by Gasteiger charge is -2.15. The number of nitrogens with two attached hydrogens (primary N) is 1. The molecule has 6 nitrogen and oxygen atoms in total. The van der Waals surface area contributed by atoms with Gasteiger partial charge in [-0.1, -0.05) is 0 Å². The molecule has 0 amide bonds. The number of aromatic nitrogens is 3. The molecule has 0 radical (unpaired) electrons. The molecule has 0 bridgehead atoms. The summed E-state index contributed by atoms with van der Waals surface area (Å²) in [5.74, 6) is -0.0334. The molecule has 0 aliphatic rings. The first-order valence-corrected chi connectivity index (χ1v) is 7.01. The van der Waals surface area contributed by atoms with Crippen molar-refractivity contribution in [2.24, 2.45) is 0 Å². The minimum absolute atomic E-state index is 0.128. The van der Waals surface area contributed by atoms with Gasteiger partial charge in [0.1, 0.15) is 17.2 Å². The second-order valence-electron chi connectivity index (χ2n) is 4.81. The van der Waals surface area contributed by atoms with Gasteiger partial charge in [-0.15, -0.1) is 23.4 Å². The van der Waals surface area contributed by atoms with Gasteiger partial charge in [0.2, 0.25) is 5.95 Å². The Balaban J connectivity index is 2.18. The molecular weight excluding hydrogens is 325 g/mol. The largest absolute Gasteiger partial charge is 0.573 e. The van der Waals surface area contributed by atoms with E-state index in [0.29, 0.717) is 12.1 Å². The van der Waals surface area contributed by atoms with Gasteiger partial charge in [-0.05, 0) is 31.2 Å². The Bertz CT molecular complexity index is 877. The number of nitrogens with zero attached hydrogens (tertiary/aromatic N) is 3. The van der Waals surface area contributed by atoms with Crippen LogP contribution in [0.15, 0.2) is 36.5 Å². The number of benzene rings is 1. The average Bonchev–Trinajstić information content (AvgIpc) is 2.98. The number of hydrogen-bond acceptors (Lipinski definition) is 5. The molecule has 0 saturated heterocycles. The summed E-state index contributed by atoms with van der Waals surface area (Å²) in [6.45, 7) is 2.04. The van der Waals surface area contributed by atoms with Crippen molar-refractivity contribution in [3.8, 4) is 22.8 Å². The highest BCUT2D eigenvalue weighted by atomic mass is 19.4. The zero-order valence-electron chi connectivity index (χ0n) is 12.5. The van der Waals surface area contributed by atoms with E-state index in [1.165, 1.54) is 16.5 Å². The van der Waals surface area contributed by atoms with Crippen molar-refractivity contribution in [3.63, 3.8) is 0 Å². The summed E-state index contributed by atoms with van der Waals surface area (Å²) in [7, 11) is 0. The predicted octanol–water partition coefficient (Wildman–Crippen LogP) is 3.28. The minimum atomic E-state index is -4.85. The second kappa shape index (κ2) is 5.91. The molecule has 126 valence electrons. The van der Waals surface area contributed by atoms with Gasteiger partial charge >= 0.3 is 6.36 Å². The summed E-state index contributed by atoms with van der Waals surface area (Å²) in [6.07, 6.45) is -3.21. The highest BCUT2D eigenvalue weighted by Gasteiger charge is 2.33. The molecule has 0 fully saturated rings. The summed E-state index contributed by atoms with van der Waals surface area (Å²) in [4.78, 5) is 0. The molecule has 2 heterocycles. The quantitative estimate of drug-likeness (QED) is 0.790. The predicted molar refractivity (Wildman–Crippen MR) is 80.7 cm³/mol. The van der Waals surface area contributed by atoms with Crippen molar-refractivity contribution >= 4 is 11.5 Å². The van der Waals surface area contributed by atoms with Crippen LogP contribution in [-0.2, 0) is 0 Å². The number of alkyl halides is 3. The Kier molecular flexibility index (Phi) is 3.92. The zero-order chi connectivity index (χ0) is 17.3. The Morgan fingerprint density at radius 3 is 2.71 bits per heavy atom. The zero-order valence-corrected chi connectivity index (χ0v) is 12.5. The Labute approximate surface area is 134 Å². The first kappa shape index (κ1) is 15.9. The molecule has 3 aromatic rings. The number of halogens is 3. The van der Waals surface area contributed by atoms with Crippen LogP contribution in [0.4, 0.5) is 19.1 Å². The van der Waals surface area contributed by atoms with Crippen molar-refractivity contribution in [1.82, 2.24) is 14.6 Å². The lowest BCUT2D eigenvalue weighted by atomic mass is 10.1. The molecule has 0 saturated carbocycles. The normalized spacial score (nSPS) is 11.7. The summed E-state index contributed by atoms with van der Waals surface area (Å²) in [6, 6.07) is 7.52. The smallest absolute Gasteiger partial charge is 0.494 e. The van der Waals surface area contributed by atoms with Crippen LogP contribution in [-0.4, -0.2) is 27.6 Å². The Morgan fingerprint density at radius 2 is 2.00 bits per heavy atom. The number of fused-ring (bicyclic) bond motifs is 1. The van der Waals surface area contributed by atoms with Crippen LogP contribution in [0.1, 0.15) is 6.92 Å². The lowest BCUT2D eigenvalue weighted by Crippen LogP contribution is -2.18. The molecule has 0 aliphatic carbocycles. The monoisotopic (exact) mass is 338 g/mol. The summed E-state index contributed by atoms with van der Waals surface area (Å²) >= 11 is 0. The van der Waals surface area contributed by atoms with Crippen molar-refractivity contribution in [2.45, 2.75) is 13.3 Å². The van der Waals surface area contributed by atoms with E-state index in [1.807, 2.05) is 0 Å². The SMILES string of the molecule is CCOc1ccc(-c2nnc(N)n3cccc23)c(OC(F)(F)F)c1. The van der Waals surface area contributed by atoms with Gasteiger partial charge in [0.25, 0.3) is 0 Å². The number of hydrogen-bond donors (Lipinski definition) is 1. The van der Waals surface area contributed by atoms with Gasteiger partial charge in [0, 0.05) is 17.8 Å². The van der Waals surface area contributed by atoms with Crippen molar-refractivity contribution in [2.75, 3.05) is 12.3 Å². The van der Waals surface area contributed by atoms with E-state index in [0.717, 1.165) is 0 Å². The van der Waals surface area contributed by atoms with E-state index >= 15 is 0 Å². The van der Waals surface area contributed by atoms with Gasteiger partial charge < -0.3 is 15.2 Å². The number of rotatable bonds is 4. The van der Waals surface area contributed by atoms with Gasteiger partial charge in [-0.25, -0.2) is 0 Å². The fraction of sp³-hybridized carbons (Fsp3) is 0.200. The van der Waals surface area contributed by atoms with E-state index in [2.05, 4.69) is 14.9 Å². The third-order valence-corrected chi connectivity index (χ3v) is 3.24. The van der Waals surface area contributed by atoms with Crippen LogP contribution < -0.4 is 15.2 Å². The van der Waals surface area contributed by atoms with Crippen molar-refractivity contribution < 1.29 is 22.6 Å². The van der Waals surface area contributed by atoms with Crippen LogP contribution >= 0.6 is 0 Å². The van der Waals surface area contributed by atoms with E-state index < -0.39 is 12.1 Å². The summed E-state index contributed by atoms with van der Waals surface area (Å²) < 4.78 is 49.1. The summed E-state index contributed by atoms with van der Waals surface area (Å²) in [5.41, 5.74) is 6.57. The van der Waals surface area contributed by atoms with Crippen molar-refractivity contribution in [3.05, 3.63) is 36.5 Å². The van der Waals surface area contributed by atoms with Crippen LogP contribution in [0.2, 0.25) is 0 Å². The van der Waals surface area contributed by atoms with Gasteiger partial charge in [0.15, 0.2) is 0 Å². The molecule has 1 aromatic carbocycles. The fourth-order valence-corrected chi connectivity index (χ4v) is 2.33. The highest BCUT2D eigenvalue weighted by molar-refractivity contribution is 5.81. The maximum Gasteiger partial charge on any atom is 0.573 e. The van der Waals surface area contributed by atoms with Crippen LogP contribution in [0.5, 0.6) is 11.5 Å². The molecule has 0 aliphatic heterocycles. The van der Waals surface area contributed by atoms with Crippen LogP contribution in [0, 0.1) is 0 Å². The first-order chi connectivity index (χ1) is 11.4. The van der Waals surface area contributed by atoms with Crippen LogP contribution in [0.3, 0.4) is 0 Å². The Hall–Kier alpha value is -2.97. The highest BCUT2D eigenvalue weighted by Crippen LogP contribution is 2.37. The standard InChI is InChI=1S/C15H13F3N4O2/c1-2-23-9-5-6-10(12(8-9)24-15(16,17)18)13-11-4-3-7-22(11)14(19)21-20-13/h3-8H,2H2,1H3,(H2,19,21). The van der Waals surface area contributed by atoms with E-state index in [-0.39, 0.29) is 23.0 Å². The second-order valence-corrected chi connectivity index (χ2v) is 4.81. The molecule has 0 unspecified atom stereocenters. The Morgan fingerprint density at radius 1 is 1.21 bits per heavy atom. The third-order valence-electron chi connectivity index (χ3n) is 3.24. The van der Waals surface area contributed by atoms with E-state index in [1.54, 1.807) is 31.3 Å². The number of anilines is 1. The average molecular weight is 338 g/mol. The maximum atomic E-state index is 12.7. The topological polar surface area (TPSA) is 74.7 Å². The van der Waals surface area contributed by atoms with Crippen molar-refractivity contribution in [1.29, 1.82) is 0 Å². The number of nitrogen functional groups attached to an aromatic ring is 1. The van der Waals surface area contributed by atoms with Gasteiger partial charge in [-0.2, -0.15) is 0 Å². The molecule has 9 heteroatoms. The minimum Gasteiger partial charge on any atom is -0.494 e. The van der Waals surface area contributed by atoms with Gasteiger partial charge in [-0.3, -0.25) is 4.40 Å². The van der Waals surface area contributed by atoms with Crippen LogP contribution in [0.25, 0.3) is 16.8 Å². The lowest BCUT2D eigenvalue weighted by molar-refractivity contribution is -0.274. The molecule has 0 spiro atoms. The van der Waals surface area contributed by atoms with E-state index in [4.69, 9.17) is 10.5 Å². The first-order valence-electron chi connectivity index (χ1n) is 7.01. The molecular formula is C15H13F3N4O2. The summed E-state index contributed by atoms with van der Waals surface area (Å²) in [5, 5.41) is 7.71. The molecule has 2 N–H and O–H groups in total. The van der Waals surface area contributed by atoms with Gasteiger partial charge in [0.05, 0.1) is 12.1 Å². The third kappa shape index (κ3) is 3.05. The van der Waals surface area contributed by atoms with E-state index in [9.17, 15) is 13.2 Å². The maximum absolute atomic E-state index is 12.7. The number of ether oxygens (including phenoxy) is 2. The molecule has 3 rings (SSSR count). The molecule has 24 heavy (non-hydrogen) atoms.